The number of carbonyl (C=O) groups is 1. The number of nitrogens with one attached hydrogen (secondary N) is 2. The molecule has 1 amide bonds. The zero-order valence-electron chi connectivity index (χ0n) is 11.9. The SMILES string of the molecule is O=C(NCCc1n[nH]c(=S)n1C1CC1)[C@@H]1C[C@H]2CC[C@H]1O2. The van der Waals surface area contributed by atoms with Gasteiger partial charge in [0.15, 0.2) is 4.77 Å². The fourth-order valence-electron chi connectivity index (χ4n) is 3.57. The molecule has 2 aliphatic heterocycles. The van der Waals surface area contributed by atoms with Gasteiger partial charge in [-0.1, -0.05) is 0 Å². The summed E-state index contributed by atoms with van der Waals surface area (Å²) in [6, 6.07) is 0.515. The number of aromatic nitrogens is 3. The van der Waals surface area contributed by atoms with Gasteiger partial charge in [-0.3, -0.25) is 9.89 Å². The van der Waals surface area contributed by atoms with E-state index in [0.717, 1.165) is 31.5 Å². The molecule has 3 aliphatic rings. The average Bonchev–Trinajstić information content (AvgIpc) is 2.93. The van der Waals surface area contributed by atoms with Gasteiger partial charge in [-0.05, 0) is 44.3 Å². The molecule has 2 bridgehead atoms. The first-order valence-electron chi connectivity index (χ1n) is 7.81. The molecule has 7 heteroatoms. The molecule has 3 atom stereocenters. The van der Waals surface area contributed by atoms with E-state index in [0.29, 0.717) is 23.5 Å². The topological polar surface area (TPSA) is 71.9 Å². The van der Waals surface area contributed by atoms with Crippen molar-refractivity contribution in [1.82, 2.24) is 20.1 Å². The summed E-state index contributed by atoms with van der Waals surface area (Å²) in [7, 11) is 0. The fourth-order valence-corrected chi connectivity index (χ4v) is 3.87. The molecular formula is C14H20N4O2S. The number of fused-ring (bicyclic) bond motifs is 2. The van der Waals surface area contributed by atoms with Crippen molar-refractivity contribution < 1.29 is 9.53 Å². The molecule has 0 spiro atoms. The fraction of sp³-hybridized carbons (Fsp3) is 0.786. The zero-order chi connectivity index (χ0) is 14.4. The van der Waals surface area contributed by atoms with Crippen molar-refractivity contribution in [2.45, 2.75) is 56.8 Å². The van der Waals surface area contributed by atoms with Crippen LogP contribution in [0.1, 0.15) is 44.0 Å². The highest BCUT2D eigenvalue weighted by molar-refractivity contribution is 7.71. The van der Waals surface area contributed by atoms with Crippen molar-refractivity contribution in [2.24, 2.45) is 5.92 Å². The van der Waals surface area contributed by atoms with Gasteiger partial charge in [-0.2, -0.15) is 5.10 Å². The Morgan fingerprint density at radius 3 is 2.95 bits per heavy atom. The lowest BCUT2D eigenvalue weighted by molar-refractivity contribution is -0.126. The molecule has 21 heavy (non-hydrogen) atoms. The molecule has 114 valence electrons. The first-order chi connectivity index (χ1) is 10.2. The quantitative estimate of drug-likeness (QED) is 0.809. The summed E-state index contributed by atoms with van der Waals surface area (Å²) in [6.07, 6.45) is 6.57. The van der Waals surface area contributed by atoms with Crippen molar-refractivity contribution in [3.63, 3.8) is 0 Å². The summed E-state index contributed by atoms with van der Waals surface area (Å²) in [5.74, 6) is 1.13. The van der Waals surface area contributed by atoms with E-state index in [4.69, 9.17) is 17.0 Å². The number of hydrogen-bond donors (Lipinski definition) is 2. The van der Waals surface area contributed by atoms with Crippen LogP contribution in [0.25, 0.3) is 0 Å². The van der Waals surface area contributed by atoms with Gasteiger partial charge in [-0.25, -0.2) is 0 Å². The van der Waals surface area contributed by atoms with Crippen molar-refractivity contribution in [1.29, 1.82) is 0 Å². The average molecular weight is 308 g/mol. The number of nitrogens with zero attached hydrogens (tertiary/aromatic N) is 2. The number of amides is 1. The van der Waals surface area contributed by atoms with E-state index in [1.165, 1.54) is 12.8 Å². The number of carbonyl (C=O) groups excluding carboxylic acids is 1. The Kier molecular flexibility index (Phi) is 3.34. The lowest BCUT2D eigenvalue weighted by atomic mass is 9.88. The minimum absolute atomic E-state index is 0.0491. The molecule has 1 aromatic rings. The molecular weight excluding hydrogens is 288 g/mol. The molecule has 0 aromatic carbocycles. The van der Waals surface area contributed by atoms with Gasteiger partial charge >= 0.3 is 0 Å². The highest BCUT2D eigenvalue weighted by atomic mass is 32.1. The molecule has 0 unspecified atom stereocenters. The third kappa shape index (κ3) is 2.53. The van der Waals surface area contributed by atoms with E-state index in [1.807, 2.05) is 0 Å². The van der Waals surface area contributed by atoms with Crippen LogP contribution >= 0.6 is 12.2 Å². The summed E-state index contributed by atoms with van der Waals surface area (Å²) in [5, 5.41) is 10.2. The molecule has 0 radical (unpaired) electrons. The van der Waals surface area contributed by atoms with Crippen molar-refractivity contribution >= 4 is 18.1 Å². The summed E-state index contributed by atoms with van der Waals surface area (Å²) in [4.78, 5) is 12.2. The monoisotopic (exact) mass is 308 g/mol. The summed E-state index contributed by atoms with van der Waals surface area (Å²) in [5.41, 5.74) is 0. The standard InChI is InChI=1S/C14H20N4O2S/c19-13(10-7-9-3-4-11(10)20-9)15-6-5-12-16-17-14(21)18(12)8-1-2-8/h8-11H,1-7H2,(H,15,19)(H,17,21)/t9-,10-,11-/m1/s1. The highest BCUT2D eigenvalue weighted by Crippen LogP contribution is 2.38. The second-order valence-electron chi connectivity index (χ2n) is 6.30. The van der Waals surface area contributed by atoms with Gasteiger partial charge in [0.2, 0.25) is 5.91 Å². The lowest BCUT2D eigenvalue weighted by Gasteiger charge is -2.17. The predicted molar refractivity (Wildman–Crippen MR) is 78.4 cm³/mol. The smallest absolute Gasteiger partial charge is 0.225 e. The van der Waals surface area contributed by atoms with Crippen LogP contribution in [-0.4, -0.2) is 39.4 Å². The third-order valence-electron chi connectivity index (χ3n) is 4.78. The zero-order valence-corrected chi connectivity index (χ0v) is 12.7. The summed E-state index contributed by atoms with van der Waals surface area (Å²) < 4.78 is 8.53. The number of hydrogen-bond acceptors (Lipinski definition) is 4. The van der Waals surface area contributed by atoms with E-state index >= 15 is 0 Å². The second kappa shape index (κ2) is 5.21. The van der Waals surface area contributed by atoms with Crippen molar-refractivity contribution in [3.05, 3.63) is 10.6 Å². The van der Waals surface area contributed by atoms with E-state index in [2.05, 4.69) is 20.1 Å². The van der Waals surface area contributed by atoms with E-state index in [1.54, 1.807) is 0 Å². The van der Waals surface area contributed by atoms with Crippen LogP contribution in [0.15, 0.2) is 0 Å². The van der Waals surface area contributed by atoms with Crippen LogP contribution in [0.2, 0.25) is 0 Å². The van der Waals surface area contributed by atoms with Gasteiger partial charge in [0.25, 0.3) is 0 Å². The Morgan fingerprint density at radius 2 is 2.29 bits per heavy atom. The number of H-pyrrole nitrogens is 1. The Bertz CT molecular complexity index is 606. The molecule has 6 nitrogen and oxygen atoms in total. The minimum atomic E-state index is 0.0491. The van der Waals surface area contributed by atoms with Crippen LogP contribution in [0, 0.1) is 10.7 Å². The molecule has 1 aromatic heterocycles. The third-order valence-corrected chi connectivity index (χ3v) is 5.07. The Morgan fingerprint density at radius 1 is 1.43 bits per heavy atom. The Balaban J connectivity index is 1.31. The molecule has 1 saturated carbocycles. The summed E-state index contributed by atoms with van der Waals surface area (Å²) in [6.45, 7) is 0.610. The molecule has 2 saturated heterocycles. The highest BCUT2D eigenvalue weighted by Gasteiger charge is 2.44. The molecule has 4 rings (SSSR count). The Labute approximate surface area is 128 Å². The van der Waals surface area contributed by atoms with Gasteiger partial charge in [0.1, 0.15) is 5.82 Å². The van der Waals surface area contributed by atoms with Gasteiger partial charge in [-0.15, -0.1) is 0 Å². The predicted octanol–water partition coefficient (Wildman–Crippen LogP) is 1.50. The first-order valence-corrected chi connectivity index (χ1v) is 8.22. The van der Waals surface area contributed by atoms with Crippen LogP contribution in [0.4, 0.5) is 0 Å². The van der Waals surface area contributed by atoms with Gasteiger partial charge in [0.05, 0.1) is 18.1 Å². The van der Waals surface area contributed by atoms with Crippen LogP contribution in [0.3, 0.4) is 0 Å². The van der Waals surface area contributed by atoms with E-state index < -0.39 is 0 Å². The maximum Gasteiger partial charge on any atom is 0.225 e. The van der Waals surface area contributed by atoms with Crippen LogP contribution < -0.4 is 5.32 Å². The minimum Gasteiger partial charge on any atom is -0.374 e. The molecule has 3 heterocycles. The van der Waals surface area contributed by atoms with Crippen LogP contribution in [-0.2, 0) is 16.0 Å². The Hall–Kier alpha value is -1.21. The molecule has 3 fully saturated rings. The summed E-state index contributed by atoms with van der Waals surface area (Å²) >= 11 is 5.26. The lowest BCUT2D eigenvalue weighted by Crippen LogP contribution is -2.37. The number of rotatable bonds is 5. The first kappa shape index (κ1) is 13.5. The second-order valence-corrected chi connectivity index (χ2v) is 6.69. The van der Waals surface area contributed by atoms with E-state index in [-0.39, 0.29) is 17.9 Å². The van der Waals surface area contributed by atoms with Gasteiger partial charge in [0, 0.05) is 19.0 Å². The number of aromatic amines is 1. The van der Waals surface area contributed by atoms with Gasteiger partial charge < -0.3 is 14.6 Å². The van der Waals surface area contributed by atoms with Crippen molar-refractivity contribution in [3.8, 4) is 0 Å². The largest absolute Gasteiger partial charge is 0.374 e. The maximum atomic E-state index is 12.2. The molecule has 2 N–H and O–H groups in total. The normalized spacial score (nSPS) is 30.8. The maximum absolute atomic E-state index is 12.2. The number of ether oxygens (including phenoxy) is 1. The van der Waals surface area contributed by atoms with E-state index in [9.17, 15) is 4.79 Å². The van der Waals surface area contributed by atoms with Crippen LogP contribution in [0.5, 0.6) is 0 Å². The van der Waals surface area contributed by atoms with Crippen molar-refractivity contribution in [2.75, 3.05) is 6.54 Å². The molecule has 1 aliphatic carbocycles.